The molecule has 19 heavy (non-hydrogen) atoms. The number of sulfonamides is 1. The zero-order valence-electron chi connectivity index (χ0n) is 11.4. The second kappa shape index (κ2) is 7.23. The summed E-state index contributed by atoms with van der Waals surface area (Å²) in [6.45, 7) is 4.97. The van der Waals surface area contributed by atoms with E-state index in [9.17, 15) is 8.42 Å². The van der Waals surface area contributed by atoms with Gasteiger partial charge in [0.05, 0.1) is 25.5 Å². The maximum absolute atomic E-state index is 12.2. The minimum absolute atomic E-state index is 0.0857. The molecule has 8 heteroatoms. The number of halogens is 1. The SMILES string of the molecule is CC(C)OCCN(C)S(=O)(=O)c1cnn(CCCl)c1. The summed E-state index contributed by atoms with van der Waals surface area (Å²) in [7, 11) is -1.98. The molecular formula is C11H20ClN3O3S. The summed E-state index contributed by atoms with van der Waals surface area (Å²) in [6, 6.07) is 0. The lowest BCUT2D eigenvalue weighted by molar-refractivity contribution is 0.0737. The summed E-state index contributed by atoms with van der Waals surface area (Å²) in [5, 5.41) is 3.96. The lowest BCUT2D eigenvalue weighted by Gasteiger charge is -2.16. The number of rotatable bonds is 8. The Morgan fingerprint density at radius 3 is 2.79 bits per heavy atom. The third kappa shape index (κ3) is 4.76. The second-order valence-electron chi connectivity index (χ2n) is 4.37. The molecule has 1 aromatic rings. The average molecular weight is 310 g/mol. The molecule has 0 amide bonds. The standard InChI is InChI=1S/C11H20ClN3O3S/c1-10(2)18-7-6-14(3)19(16,17)11-8-13-15(9-11)5-4-12/h8-10H,4-7H2,1-3H3. The van der Waals surface area contributed by atoms with Crippen LogP contribution in [0.4, 0.5) is 0 Å². The first-order valence-corrected chi connectivity index (χ1v) is 8.01. The fraction of sp³-hybridized carbons (Fsp3) is 0.727. The fourth-order valence-electron chi connectivity index (χ4n) is 1.40. The number of aromatic nitrogens is 2. The molecule has 0 fully saturated rings. The van der Waals surface area contributed by atoms with E-state index < -0.39 is 10.0 Å². The van der Waals surface area contributed by atoms with Crippen molar-refractivity contribution in [3.8, 4) is 0 Å². The molecule has 0 spiro atoms. The highest BCUT2D eigenvalue weighted by molar-refractivity contribution is 7.89. The summed E-state index contributed by atoms with van der Waals surface area (Å²) in [4.78, 5) is 0.171. The van der Waals surface area contributed by atoms with Crippen LogP contribution in [0.1, 0.15) is 13.8 Å². The summed E-state index contributed by atoms with van der Waals surface area (Å²) in [5.74, 6) is 0.388. The van der Waals surface area contributed by atoms with Crippen LogP contribution in [0.5, 0.6) is 0 Å². The van der Waals surface area contributed by atoms with E-state index in [1.807, 2.05) is 13.8 Å². The van der Waals surface area contributed by atoms with Gasteiger partial charge in [0, 0.05) is 25.7 Å². The number of alkyl halides is 1. The molecule has 0 radical (unpaired) electrons. The minimum atomic E-state index is -3.51. The molecule has 1 aromatic heterocycles. The van der Waals surface area contributed by atoms with E-state index in [0.717, 1.165) is 0 Å². The van der Waals surface area contributed by atoms with Gasteiger partial charge in [-0.25, -0.2) is 8.42 Å². The van der Waals surface area contributed by atoms with Crippen LogP contribution in [0.15, 0.2) is 17.3 Å². The zero-order valence-corrected chi connectivity index (χ0v) is 13.0. The largest absolute Gasteiger partial charge is 0.377 e. The number of hydrogen-bond donors (Lipinski definition) is 0. The molecule has 0 aliphatic rings. The molecule has 0 unspecified atom stereocenters. The minimum Gasteiger partial charge on any atom is -0.377 e. The lowest BCUT2D eigenvalue weighted by atomic mass is 10.5. The Morgan fingerprint density at radius 1 is 1.53 bits per heavy atom. The predicted octanol–water partition coefficient (Wildman–Crippen LogP) is 1.17. The highest BCUT2D eigenvalue weighted by Crippen LogP contribution is 2.13. The molecule has 0 aliphatic carbocycles. The van der Waals surface area contributed by atoms with Crippen LogP contribution in [0, 0.1) is 0 Å². The molecule has 0 bridgehead atoms. The average Bonchev–Trinajstić information content (AvgIpc) is 2.78. The van der Waals surface area contributed by atoms with Gasteiger partial charge < -0.3 is 4.74 Å². The molecule has 0 aliphatic heterocycles. The predicted molar refractivity (Wildman–Crippen MR) is 73.9 cm³/mol. The Labute approximate surface area is 119 Å². The first-order valence-electron chi connectivity index (χ1n) is 6.04. The van der Waals surface area contributed by atoms with Gasteiger partial charge in [-0.05, 0) is 13.8 Å². The maximum Gasteiger partial charge on any atom is 0.246 e. The first kappa shape index (κ1) is 16.4. The number of hydrogen-bond acceptors (Lipinski definition) is 4. The molecule has 0 saturated heterocycles. The van der Waals surface area contributed by atoms with Crippen LogP contribution in [0.3, 0.4) is 0 Å². The number of nitrogens with zero attached hydrogens (tertiary/aromatic N) is 3. The summed E-state index contributed by atoms with van der Waals surface area (Å²) in [6.07, 6.45) is 2.90. The van der Waals surface area contributed by atoms with Gasteiger partial charge in [-0.2, -0.15) is 9.40 Å². The van der Waals surface area contributed by atoms with Crippen LogP contribution in [0.25, 0.3) is 0 Å². The van der Waals surface area contributed by atoms with E-state index in [0.29, 0.717) is 25.6 Å². The highest BCUT2D eigenvalue weighted by Gasteiger charge is 2.22. The van der Waals surface area contributed by atoms with Crippen LogP contribution in [-0.2, 0) is 21.3 Å². The monoisotopic (exact) mass is 309 g/mol. The van der Waals surface area contributed by atoms with Crippen LogP contribution in [0.2, 0.25) is 0 Å². The van der Waals surface area contributed by atoms with Gasteiger partial charge in [0.1, 0.15) is 4.90 Å². The molecule has 0 atom stereocenters. The normalized spacial score (nSPS) is 12.5. The molecule has 0 N–H and O–H groups in total. The molecule has 110 valence electrons. The molecule has 6 nitrogen and oxygen atoms in total. The molecule has 1 rings (SSSR count). The zero-order chi connectivity index (χ0) is 14.5. The lowest BCUT2D eigenvalue weighted by Crippen LogP contribution is -2.30. The molecule has 0 aromatic carbocycles. The van der Waals surface area contributed by atoms with E-state index >= 15 is 0 Å². The topological polar surface area (TPSA) is 64.4 Å². The third-order valence-corrected chi connectivity index (χ3v) is 4.47. The van der Waals surface area contributed by atoms with Crippen molar-refractivity contribution in [1.29, 1.82) is 0 Å². The van der Waals surface area contributed by atoms with Gasteiger partial charge in [-0.1, -0.05) is 0 Å². The van der Waals surface area contributed by atoms with Gasteiger partial charge in [0.2, 0.25) is 10.0 Å². The van der Waals surface area contributed by atoms with Gasteiger partial charge in [0.15, 0.2) is 0 Å². The summed E-state index contributed by atoms with van der Waals surface area (Å²) in [5.41, 5.74) is 0. The number of aryl methyl sites for hydroxylation is 1. The Bertz CT molecular complexity index is 487. The Hall–Kier alpha value is -0.630. The van der Waals surface area contributed by atoms with Crippen molar-refractivity contribution in [3.05, 3.63) is 12.4 Å². The third-order valence-electron chi connectivity index (χ3n) is 2.49. The van der Waals surface area contributed by atoms with E-state index in [1.165, 1.54) is 28.4 Å². The Kier molecular flexibility index (Phi) is 6.25. The van der Waals surface area contributed by atoms with E-state index in [2.05, 4.69) is 5.10 Å². The van der Waals surface area contributed by atoms with Crippen molar-refractivity contribution in [3.63, 3.8) is 0 Å². The summed E-state index contributed by atoms with van der Waals surface area (Å²) < 4.78 is 32.5. The molecule has 0 saturated carbocycles. The van der Waals surface area contributed by atoms with Crippen LogP contribution >= 0.6 is 11.6 Å². The van der Waals surface area contributed by atoms with Gasteiger partial charge >= 0.3 is 0 Å². The van der Waals surface area contributed by atoms with Crippen molar-refractivity contribution in [2.24, 2.45) is 0 Å². The first-order chi connectivity index (χ1) is 8.87. The maximum atomic E-state index is 12.2. The highest BCUT2D eigenvalue weighted by atomic mass is 35.5. The Morgan fingerprint density at radius 2 is 2.21 bits per heavy atom. The van der Waals surface area contributed by atoms with Gasteiger partial charge in [-0.3, -0.25) is 4.68 Å². The smallest absolute Gasteiger partial charge is 0.246 e. The van der Waals surface area contributed by atoms with Gasteiger partial charge in [-0.15, -0.1) is 11.6 Å². The number of ether oxygens (including phenoxy) is 1. The van der Waals surface area contributed by atoms with E-state index in [1.54, 1.807) is 0 Å². The van der Waals surface area contributed by atoms with E-state index in [-0.39, 0.29) is 11.0 Å². The molecular weight excluding hydrogens is 290 g/mol. The number of likely N-dealkylation sites (N-methyl/N-ethyl adjacent to an activating group) is 1. The second-order valence-corrected chi connectivity index (χ2v) is 6.80. The molecule has 1 heterocycles. The van der Waals surface area contributed by atoms with Crippen molar-refractivity contribution in [2.45, 2.75) is 31.4 Å². The van der Waals surface area contributed by atoms with E-state index in [4.69, 9.17) is 16.3 Å². The van der Waals surface area contributed by atoms with Crippen molar-refractivity contribution < 1.29 is 13.2 Å². The fourth-order valence-corrected chi connectivity index (χ4v) is 2.69. The van der Waals surface area contributed by atoms with Crippen LogP contribution in [-0.4, -0.2) is 54.7 Å². The van der Waals surface area contributed by atoms with Gasteiger partial charge in [0.25, 0.3) is 0 Å². The van der Waals surface area contributed by atoms with Crippen LogP contribution < -0.4 is 0 Å². The van der Waals surface area contributed by atoms with Crippen molar-refractivity contribution in [2.75, 3.05) is 26.1 Å². The summed E-state index contributed by atoms with van der Waals surface area (Å²) >= 11 is 5.58. The Balaban J connectivity index is 2.67. The van der Waals surface area contributed by atoms with Crippen molar-refractivity contribution in [1.82, 2.24) is 14.1 Å². The van der Waals surface area contributed by atoms with Crippen molar-refractivity contribution >= 4 is 21.6 Å². The quantitative estimate of drug-likeness (QED) is 0.676.